The molecular formula is C11H18N4O2. The number of carbonyl (C=O) groups is 1. The van der Waals surface area contributed by atoms with Gasteiger partial charge >= 0.3 is 5.97 Å². The Hall–Kier alpha value is -1.43. The van der Waals surface area contributed by atoms with Crippen LogP contribution in [0.2, 0.25) is 0 Å². The maximum atomic E-state index is 11.7. The summed E-state index contributed by atoms with van der Waals surface area (Å²) in [5, 5.41) is 7.93. The minimum absolute atomic E-state index is 0.114. The largest absolute Gasteiger partial charge is 0.465 e. The van der Waals surface area contributed by atoms with Crippen molar-refractivity contribution in [1.29, 1.82) is 0 Å². The van der Waals surface area contributed by atoms with E-state index < -0.39 is 0 Å². The topological polar surface area (TPSA) is 60.2 Å². The van der Waals surface area contributed by atoms with E-state index in [0.29, 0.717) is 13.2 Å². The molecule has 0 aromatic carbocycles. The van der Waals surface area contributed by atoms with Crippen molar-refractivity contribution >= 4 is 5.97 Å². The molecule has 0 bridgehead atoms. The molecule has 94 valence electrons. The maximum absolute atomic E-state index is 11.7. The van der Waals surface area contributed by atoms with Crippen LogP contribution in [-0.2, 0) is 23.1 Å². The molecule has 6 heteroatoms. The van der Waals surface area contributed by atoms with Crippen LogP contribution in [0.15, 0.2) is 6.20 Å². The van der Waals surface area contributed by atoms with Gasteiger partial charge in [0.05, 0.1) is 12.3 Å². The van der Waals surface area contributed by atoms with Crippen molar-refractivity contribution in [3.05, 3.63) is 11.9 Å². The zero-order valence-electron chi connectivity index (χ0n) is 10.3. The van der Waals surface area contributed by atoms with Crippen LogP contribution in [-0.4, -0.2) is 45.1 Å². The first-order valence-corrected chi connectivity index (χ1v) is 5.96. The minimum Gasteiger partial charge on any atom is -0.465 e. The van der Waals surface area contributed by atoms with Gasteiger partial charge in [-0.3, -0.25) is 14.4 Å². The molecule has 0 N–H and O–H groups in total. The Bertz CT molecular complexity index is 391. The smallest absolute Gasteiger partial charge is 0.323 e. The lowest BCUT2D eigenvalue weighted by Gasteiger charge is -2.21. The van der Waals surface area contributed by atoms with E-state index in [1.807, 2.05) is 20.2 Å². The van der Waals surface area contributed by atoms with Crippen LogP contribution in [0.5, 0.6) is 0 Å². The van der Waals surface area contributed by atoms with Crippen molar-refractivity contribution in [2.45, 2.75) is 32.4 Å². The summed E-state index contributed by atoms with van der Waals surface area (Å²) in [5.74, 6) is -0.117. The Morgan fingerprint density at radius 3 is 3.12 bits per heavy atom. The Labute approximate surface area is 101 Å². The second-order valence-corrected chi connectivity index (χ2v) is 4.26. The standard InChI is InChI=1S/C11H18N4O2/c1-3-17-11(16)10-5-4-6-15(10)8-9-7-14(2)13-12-9/h7,10H,3-6,8H2,1-2H3. The lowest BCUT2D eigenvalue weighted by atomic mass is 10.2. The van der Waals surface area contributed by atoms with E-state index in [0.717, 1.165) is 25.1 Å². The number of hydrogen-bond acceptors (Lipinski definition) is 5. The molecule has 2 rings (SSSR count). The zero-order chi connectivity index (χ0) is 12.3. The van der Waals surface area contributed by atoms with Crippen molar-refractivity contribution in [3.8, 4) is 0 Å². The van der Waals surface area contributed by atoms with Gasteiger partial charge in [-0.05, 0) is 26.3 Å². The van der Waals surface area contributed by atoms with Crippen LogP contribution in [0.3, 0.4) is 0 Å². The average molecular weight is 238 g/mol. The van der Waals surface area contributed by atoms with Gasteiger partial charge < -0.3 is 4.74 Å². The van der Waals surface area contributed by atoms with E-state index in [1.165, 1.54) is 0 Å². The summed E-state index contributed by atoms with van der Waals surface area (Å²) < 4.78 is 6.75. The number of nitrogens with zero attached hydrogens (tertiary/aromatic N) is 4. The Morgan fingerprint density at radius 2 is 2.47 bits per heavy atom. The molecule has 0 saturated carbocycles. The van der Waals surface area contributed by atoms with E-state index in [4.69, 9.17) is 4.74 Å². The highest BCUT2D eigenvalue weighted by atomic mass is 16.5. The number of esters is 1. The number of ether oxygens (including phenoxy) is 1. The van der Waals surface area contributed by atoms with Gasteiger partial charge in [-0.2, -0.15) is 0 Å². The normalized spacial score (nSPS) is 20.7. The molecule has 1 aliphatic heterocycles. The molecule has 1 unspecified atom stereocenters. The Morgan fingerprint density at radius 1 is 1.65 bits per heavy atom. The molecule has 0 amide bonds. The molecule has 0 spiro atoms. The number of rotatable bonds is 4. The van der Waals surface area contributed by atoms with Gasteiger partial charge in [-0.25, -0.2) is 0 Å². The van der Waals surface area contributed by atoms with Crippen LogP contribution in [0, 0.1) is 0 Å². The Balaban J connectivity index is 1.97. The monoisotopic (exact) mass is 238 g/mol. The SMILES string of the molecule is CCOC(=O)C1CCCN1Cc1cn(C)nn1. The summed E-state index contributed by atoms with van der Waals surface area (Å²) in [6.45, 7) is 3.85. The van der Waals surface area contributed by atoms with Crippen molar-refractivity contribution in [3.63, 3.8) is 0 Å². The van der Waals surface area contributed by atoms with Crippen LogP contribution in [0.25, 0.3) is 0 Å². The highest BCUT2D eigenvalue weighted by molar-refractivity contribution is 5.76. The van der Waals surface area contributed by atoms with Crippen molar-refractivity contribution in [2.75, 3.05) is 13.2 Å². The number of likely N-dealkylation sites (tertiary alicyclic amines) is 1. The lowest BCUT2D eigenvalue weighted by molar-refractivity contribution is -0.148. The average Bonchev–Trinajstić information content (AvgIpc) is 2.89. The predicted molar refractivity (Wildman–Crippen MR) is 61.1 cm³/mol. The van der Waals surface area contributed by atoms with Crippen molar-refractivity contribution in [1.82, 2.24) is 19.9 Å². The van der Waals surface area contributed by atoms with Gasteiger partial charge in [0.1, 0.15) is 6.04 Å². The minimum atomic E-state index is -0.117. The molecular weight excluding hydrogens is 220 g/mol. The van der Waals surface area contributed by atoms with Crippen LogP contribution >= 0.6 is 0 Å². The summed E-state index contributed by atoms with van der Waals surface area (Å²) in [5.41, 5.74) is 0.892. The molecule has 1 fully saturated rings. The molecule has 17 heavy (non-hydrogen) atoms. The third-order valence-corrected chi connectivity index (χ3v) is 2.94. The van der Waals surface area contributed by atoms with Crippen LogP contribution in [0.4, 0.5) is 0 Å². The molecule has 6 nitrogen and oxygen atoms in total. The number of aromatic nitrogens is 3. The van der Waals surface area contributed by atoms with E-state index in [9.17, 15) is 4.79 Å². The molecule has 0 radical (unpaired) electrons. The zero-order valence-corrected chi connectivity index (χ0v) is 10.3. The quantitative estimate of drug-likeness (QED) is 0.708. The first kappa shape index (κ1) is 12.0. The van der Waals surface area contributed by atoms with Crippen molar-refractivity contribution in [2.24, 2.45) is 7.05 Å². The summed E-state index contributed by atoms with van der Waals surface area (Å²) in [6.07, 6.45) is 3.78. The van der Waals surface area contributed by atoms with E-state index in [2.05, 4.69) is 15.2 Å². The second kappa shape index (κ2) is 5.27. The molecule has 0 aliphatic carbocycles. The predicted octanol–water partition coefficient (Wildman–Crippen LogP) is 0.343. The maximum Gasteiger partial charge on any atom is 0.323 e. The number of carbonyl (C=O) groups excluding carboxylic acids is 1. The molecule has 1 aromatic rings. The molecule has 1 atom stereocenters. The summed E-state index contributed by atoms with van der Waals surface area (Å²) in [7, 11) is 1.84. The number of aryl methyl sites for hydroxylation is 1. The Kier molecular flexibility index (Phi) is 3.73. The molecule has 1 aliphatic rings. The first-order chi connectivity index (χ1) is 8.20. The van der Waals surface area contributed by atoms with Gasteiger partial charge in [0.2, 0.25) is 0 Å². The highest BCUT2D eigenvalue weighted by Crippen LogP contribution is 2.20. The van der Waals surface area contributed by atoms with Gasteiger partial charge in [-0.1, -0.05) is 5.21 Å². The van der Waals surface area contributed by atoms with E-state index in [1.54, 1.807) is 4.68 Å². The van der Waals surface area contributed by atoms with Gasteiger partial charge in [0, 0.05) is 19.8 Å². The van der Waals surface area contributed by atoms with Gasteiger partial charge in [0.15, 0.2) is 0 Å². The summed E-state index contributed by atoms with van der Waals surface area (Å²) >= 11 is 0. The number of hydrogen-bond donors (Lipinski definition) is 0. The lowest BCUT2D eigenvalue weighted by Crippen LogP contribution is -2.36. The first-order valence-electron chi connectivity index (χ1n) is 5.96. The van der Waals surface area contributed by atoms with Crippen molar-refractivity contribution < 1.29 is 9.53 Å². The van der Waals surface area contributed by atoms with Gasteiger partial charge in [-0.15, -0.1) is 5.10 Å². The second-order valence-electron chi connectivity index (χ2n) is 4.26. The molecule has 1 aromatic heterocycles. The summed E-state index contributed by atoms with van der Waals surface area (Å²) in [6, 6.07) is -0.114. The fraction of sp³-hybridized carbons (Fsp3) is 0.727. The van der Waals surface area contributed by atoms with Crippen LogP contribution in [0.1, 0.15) is 25.5 Å². The van der Waals surface area contributed by atoms with E-state index >= 15 is 0 Å². The molecule has 1 saturated heterocycles. The van der Waals surface area contributed by atoms with Gasteiger partial charge in [0.25, 0.3) is 0 Å². The van der Waals surface area contributed by atoms with E-state index in [-0.39, 0.29) is 12.0 Å². The molecule has 2 heterocycles. The fourth-order valence-electron chi connectivity index (χ4n) is 2.20. The fourth-order valence-corrected chi connectivity index (χ4v) is 2.20. The third-order valence-electron chi connectivity index (χ3n) is 2.94. The summed E-state index contributed by atoms with van der Waals surface area (Å²) in [4.78, 5) is 13.9. The van der Waals surface area contributed by atoms with Crippen LogP contribution < -0.4 is 0 Å². The third kappa shape index (κ3) is 2.82. The highest BCUT2D eigenvalue weighted by Gasteiger charge is 2.32.